The summed E-state index contributed by atoms with van der Waals surface area (Å²) in [6, 6.07) is 7.72. The zero-order valence-corrected chi connectivity index (χ0v) is 7.80. The van der Waals surface area contributed by atoms with Gasteiger partial charge < -0.3 is 11.1 Å². The van der Waals surface area contributed by atoms with Crippen molar-refractivity contribution in [3.63, 3.8) is 0 Å². The molecule has 0 fully saturated rings. The second kappa shape index (κ2) is 4.62. The number of amidine groups is 1. The van der Waals surface area contributed by atoms with Crippen molar-refractivity contribution >= 4 is 5.84 Å². The van der Waals surface area contributed by atoms with Crippen LogP contribution in [0.15, 0.2) is 24.3 Å². The highest BCUT2D eigenvalue weighted by Crippen LogP contribution is 2.03. The van der Waals surface area contributed by atoms with Crippen LogP contribution in [0.5, 0.6) is 0 Å². The average Bonchev–Trinajstić information content (AvgIpc) is 2.15. The predicted molar refractivity (Wildman–Crippen MR) is 54.8 cm³/mol. The van der Waals surface area contributed by atoms with E-state index < -0.39 is 0 Å². The van der Waals surface area contributed by atoms with Crippen LogP contribution in [0.25, 0.3) is 0 Å². The summed E-state index contributed by atoms with van der Waals surface area (Å²) in [4.78, 5) is 0. The SMILES string of the molecule is CCNCc1cccc(C(=N)N)c1. The average molecular weight is 177 g/mol. The third-order valence-corrected chi connectivity index (χ3v) is 1.82. The van der Waals surface area contributed by atoms with Crippen LogP contribution in [0.2, 0.25) is 0 Å². The van der Waals surface area contributed by atoms with Gasteiger partial charge in [0.1, 0.15) is 5.84 Å². The zero-order chi connectivity index (χ0) is 9.68. The predicted octanol–water partition coefficient (Wildman–Crippen LogP) is 1.08. The molecular formula is C10H15N3. The van der Waals surface area contributed by atoms with Crippen LogP contribution in [0.1, 0.15) is 18.1 Å². The summed E-state index contributed by atoms with van der Waals surface area (Å²) in [6.45, 7) is 3.84. The van der Waals surface area contributed by atoms with Gasteiger partial charge >= 0.3 is 0 Å². The number of benzene rings is 1. The second-order valence-electron chi connectivity index (χ2n) is 2.89. The van der Waals surface area contributed by atoms with Gasteiger partial charge in [0.05, 0.1) is 0 Å². The van der Waals surface area contributed by atoms with Gasteiger partial charge in [-0.15, -0.1) is 0 Å². The Balaban J connectivity index is 2.73. The molecule has 70 valence electrons. The van der Waals surface area contributed by atoms with Crippen molar-refractivity contribution in [3.8, 4) is 0 Å². The van der Waals surface area contributed by atoms with Crippen LogP contribution < -0.4 is 11.1 Å². The lowest BCUT2D eigenvalue weighted by molar-refractivity contribution is 0.727. The number of nitrogens with one attached hydrogen (secondary N) is 2. The summed E-state index contributed by atoms with van der Waals surface area (Å²) < 4.78 is 0. The summed E-state index contributed by atoms with van der Waals surface area (Å²) in [5.41, 5.74) is 7.32. The van der Waals surface area contributed by atoms with Crippen molar-refractivity contribution in [2.45, 2.75) is 13.5 Å². The van der Waals surface area contributed by atoms with Crippen LogP contribution in [0.3, 0.4) is 0 Å². The van der Waals surface area contributed by atoms with Gasteiger partial charge in [-0.25, -0.2) is 0 Å². The normalized spacial score (nSPS) is 9.92. The minimum Gasteiger partial charge on any atom is -0.384 e. The highest BCUT2D eigenvalue weighted by atomic mass is 14.8. The topological polar surface area (TPSA) is 61.9 Å². The maximum absolute atomic E-state index is 7.27. The van der Waals surface area contributed by atoms with Crippen LogP contribution in [0, 0.1) is 5.41 Å². The first-order valence-electron chi connectivity index (χ1n) is 4.38. The molecule has 3 heteroatoms. The third kappa shape index (κ3) is 2.87. The van der Waals surface area contributed by atoms with E-state index in [1.165, 1.54) is 0 Å². The van der Waals surface area contributed by atoms with E-state index in [9.17, 15) is 0 Å². The van der Waals surface area contributed by atoms with Crippen LogP contribution in [0.4, 0.5) is 0 Å². The molecule has 0 aliphatic heterocycles. The summed E-state index contributed by atoms with van der Waals surface area (Å²) in [5.74, 6) is 0.123. The fourth-order valence-corrected chi connectivity index (χ4v) is 1.12. The van der Waals surface area contributed by atoms with Crippen LogP contribution >= 0.6 is 0 Å². The van der Waals surface area contributed by atoms with E-state index in [-0.39, 0.29) is 5.84 Å². The summed E-state index contributed by atoms with van der Waals surface area (Å²) in [5, 5.41) is 10.5. The number of rotatable bonds is 4. The third-order valence-electron chi connectivity index (χ3n) is 1.82. The molecule has 0 spiro atoms. The van der Waals surface area contributed by atoms with E-state index in [1.807, 2.05) is 24.3 Å². The van der Waals surface area contributed by atoms with E-state index in [4.69, 9.17) is 11.1 Å². The van der Waals surface area contributed by atoms with Gasteiger partial charge in [-0.3, -0.25) is 5.41 Å². The number of nitrogens with two attached hydrogens (primary N) is 1. The van der Waals surface area contributed by atoms with Crippen LogP contribution in [-0.4, -0.2) is 12.4 Å². The van der Waals surface area contributed by atoms with Crippen molar-refractivity contribution in [3.05, 3.63) is 35.4 Å². The van der Waals surface area contributed by atoms with Gasteiger partial charge in [-0.2, -0.15) is 0 Å². The molecule has 0 heterocycles. The monoisotopic (exact) mass is 177 g/mol. The molecule has 0 saturated carbocycles. The molecular weight excluding hydrogens is 162 g/mol. The first kappa shape index (κ1) is 9.74. The lowest BCUT2D eigenvalue weighted by atomic mass is 10.1. The Morgan fingerprint density at radius 3 is 2.92 bits per heavy atom. The molecule has 1 aromatic carbocycles. The molecule has 4 N–H and O–H groups in total. The molecule has 3 nitrogen and oxygen atoms in total. The molecule has 1 aromatic rings. The Hall–Kier alpha value is -1.35. The lowest BCUT2D eigenvalue weighted by Crippen LogP contribution is -2.14. The molecule has 0 unspecified atom stereocenters. The number of hydrogen-bond donors (Lipinski definition) is 3. The molecule has 1 rings (SSSR count). The van der Waals surface area contributed by atoms with Gasteiger partial charge in [0.25, 0.3) is 0 Å². The van der Waals surface area contributed by atoms with E-state index >= 15 is 0 Å². The van der Waals surface area contributed by atoms with Gasteiger partial charge in [-0.05, 0) is 18.2 Å². The highest BCUT2D eigenvalue weighted by Gasteiger charge is 1.97. The maximum Gasteiger partial charge on any atom is 0.122 e. The maximum atomic E-state index is 7.27. The summed E-state index contributed by atoms with van der Waals surface area (Å²) >= 11 is 0. The first-order chi connectivity index (χ1) is 6.24. The molecule has 0 aliphatic carbocycles. The molecule has 0 aliphatic rings. The second-order valence-corrected chi connectivity index (χ2v) is 2.89. The van der Waals surface area contributed by atoms with Crippen molar-refractivity contribution in [2.24, 2.45) is 5.73 Å². The minimum atomic E-state index is 0.123. The fourth-order valence-electron chi connectivity index (χ4n) is 1.12. The molecule has 0 bridgehead atoms. The van der Waals surface area contributed by atoms with Crippen molar-refractivity contribution in [2.75, 3.05) is 6.54 Å². The van der Waals surface area contributed by atoms with Crippen molar-refractivity contribution in [1.29, 1.82) is 5.41 Å². The Morgan fingerprint density at radius 2 is 2.31 bits per heavy atom. The standard InChI is InChI=1S/C10H15N3/c1-2-13-7-8-4-3-5-9(6-8)10(11)12/h3-6,13H,2,7H2,1H3,(H3,11,12). The van der Waals surface area contributed by atoms with Gasteiger partial charge in [0.2, 0.25) is 0 Å². The molecule has 0 radical (unpaired) electrons. The molecule has 0 atom stereocenters. The van der Waals surface area contributed by atoms with E-state index in [0.29, 0.717) is 0 Å². The summed E-state index contributed by atoms with van der Waals surface area (Å²) in [6.07, 6.45) is 0. The van der Waals surface area contributed by atoms with Gasteiger partial charge in [0.15, 0.2) is 0 Å². The quantitative estimate of drug-likeness (QED) is 0.476. The Labute approximate surface area is 78.5 Å². The van der Waals surface area contributed by atoms with Crippen molar-refractivity contribution < 1.29 is 0 Å². The first-order valence-corrected chi connectivity index (χ1v) is 4.38. The van der Waals surface area contributed by atoms with E-state index in [1.54, 1.807) is 0 Å². The Bertz CT molecular complexity index is 294. The van der Waals surface area contributed by atoms with Gasteiger partial charge in [-0.1, -0.05) is 25.1 Å². The highest BCUT2D eigenvalue weighted by molar-refractivity contribution is 5.95. The van der Waals surface area contributed by atoms with Crippen molar-refractivity contribution in [1.82, 2.24) is 5.32 Å². The smallest absolute Gasteiger partial charge is 0.122 e. The fraction of sp³-hybridized carbons (Fsp3) is 0.300. The lowest BCUT2D eigenvalue weighted by Gasteiger charge is -2.04. The van der Waals surface area contributed by atoms with E-state index in [2.05, 4.69) is 12.2 Å². The molecule has 0 saturated heterocycles. The zero-order valence-electron chi connectivity index (χ0n) is 7.80. The van der Waals surface area contributed by atoms with Gasteiger partial charge in [0, 0.05) is 12.1 Å². The number of nitrogen functional groups attached to an aromatic ring is 1. The Kier molecular flexibility index (Phi) is 3.46. The molecule has 0 amide bonds. The summed E-state index contributed by atoms with van der Waals surface area (Å²) in [7, 11) is 0. The van der Waals surface area contributed by atoms with Crippen LogP contribution in [-0.2, 0) is 6.54 Å². The molecule has 0 aromatic heterocycles. The van der Waals surface area contributed by atoms with E-state index in [0.717, 1.165) is 24.2 Å². The number of hydrogen-bond acceptors (Lipinski definition) is 2. The largest absolute Gasteiger partial charge is 0.384 e. The molecule has 13 heavy (non-hydrogen) atoms. The minimum absolute atomic E-state index is 0.123. The Morgan fingerprint density at radius 1 is 1.54 bits per heavy atom.